The van der Waals surface area contributed by atoms with Crippen LogP contribution in [0.25, 0.3) is 11.1 Å². The monoisotopic (exact) mass is 284 g/mol. The highest BCUT2D eigenvalue weighted by atomic mass is 16.5. The number of esters is 1. The molecule has 3 heteroatoms. The van der Waals surface area contributed by atoms with E-state index in [4.69, 9.17) is 9.47 Å². The van der Waals surface area contributed by atoms with Crippen molar-refractivity contribution < 1.29 is 14.3 Å². The molecule has 0 amide bonds. The molecule has 0 unspecified atom stereocenters. The Morgan fingerprint density at radius 1 is 1.05 bits per heavy atom. The number of carbonyl (C=O) groups is 1. The Bertz CT molecular complexity index is 603. The largest absolute Gasteiger partial charge is 0.492 e. The highest BCUT2D eigenvalue weighted by molar-refractivity contribution is 5.93. The van der Waals surface area contributed by atoms with Crippen molar-refractivity contribution in [3.8, 4) is 16.9 Å². The molecule has 2 aromatic carbocycles. The van der Waals surface area contributed by atoms with E-state index < -0.39 is 0 Å². The SMILES string of the molecule is COC(=O)c1ccc(-c2ccccc2)cc1OCC(C)C. The van der Waals surface area contributed by atoms with Crippen LogP contribution in [-0.4, -0.2) is 19.7 Å². The van der Waals surface area contributed by atoms with Crippen LogP contribution in [0.4, 0.5) is 0 Å². The zero-order valence-corrected chi connectivity index (χ0v) is 12.6. The van der Waals surface area contributed by atoms with Crippen LogP contribution in [0.15, 0.2) is 48.5 Å². The first-order chi connectivity index (χ1) is 10.1. The summed E-state index contributed by atoms with van der Waals surface area (Å²) in [5, 5.41) is 0. The summed E-state index contributed by atoms with van der Waals surface area (Å²) in [4.78, 5) is 11.8. The van der Waals surface area contributed by atoms with Gasteiger partial charge in [0.2, 0.25) is 0 Å². The van der Waals surface area contributed by atoms with Gasteiger partial charge in [0, 0.05) is 0 Å². The van der Waals surface area contributed by atoms with Crippen LogP contribution in [-0.2, 0) is 4.74 Å². The lowest BCUT2D eigenvalue weighted by atomic mass is 10.0. The maximum Gasteiger partial charge on any atom is 0.341 e. The van der Waals surface area contributed by atoms with Gasteiger partial charge in [-0.3, -0.25) is 0 Å². The zero-order valence-electron chi connectivity index (χ0n) is 12.6. The van der Waals surface area contributed by atoms with Gasteiger partial charge in [0.05, 0.1) is 13.7 Å². The molecule has 21 heavy (non-hydrogen) atoms. The normalized spacial score (nSPS) is 10.5. The van der Waals surface area contributed by atoms with Gasteiger partial charge < -0.3 is 9.47 Å². The maximum absolute atomic E-state index is 11.8. The lowest BCUT2D eigenvalue weighted by Gasteiger charge is -2.13. The lowest BCUT2D eigenvalue weighted by Crippen LogP contribution is -2.09. The molecule has 0 aliphatic rings. The van der Waals surface area contributed by atoms with E-state index in [0.29, 0.717) is 23.8 Å². The van der Waals surface area contributed by atoms with Crippen LogP contribution in [0.1, 0.15) is 24.2 Å². The summed E-state index contributed by atoms with van der Waals surface area (Å²) in [7, 11) is 1.37. The predicted octanol–water partition coefficient (Wildman–Crippen LogP) is 4.18. The number of rotatable bonds is 5. The zero-order chi connectivity index (χ0) is 15.2. The summed E-state index contributed by atoms with van der Waals surface area (Å²) in [6.45, 7) is 4.69. The first-order valence-electron chi connectivity index (χ1n) is 7.02. The maximum atomic E-state index is 11.8. The molecule has 0 aliphatic heterocycles. The Kier molecular flexibility index (Phi) is 4.99. The molecule has 0 aromatic heterocycles. The minimum absolute atomic E-state index is 0.381. The number of carbonyl (C=O) groups excluding carboxylic acids is 1. The number of benzene rings is 2. The molecule has 0 aliphatic carbocycles. The Morgan fingerprint density at radius 2 is 1.76 bits per heavy atom. The molecule has 0 saturated heterocycles. The average molecular weight is 284 g/mol. The topological polar surface area (TPSA) is 35.5 Å². The van der Waals surface area contributed by atoms with Crippen LogP contribution < -0.4 is 4.74 Å². The number of hydrogen-bond acceptors (Lipinski definition) is 3. The second-order valence-electron chi connectivity index (χ2n) is 5.27. The third-order valence-corrected chi connectivity index (χ3v) is 3.07. The van der Waals surface area contributed by atoms with E-state index in [-0.39, 0.29) is 5.97 Å². The van der Waals surface area contributed by atoms with E-state index in [1.807, 2.05) is 42.5 Å². The number of hydrogen-bond donors (Lipinski definition) is 0. The molecule has 0 radical (unpaired) electrons. The highest BCUT2D eigenvalue weighted by Gasteiger charge is 2.14. The lowest BCUT2D eigenvalue weighted by molar-refractivity contribution is 0.0595. The van der Waals surface area contributed by atoms with Crippen molar-refractivity contribution in [1.82, 2.24) is 0 Å². The molecule has 0 bridgehead atoms. The van der Waals surface area contributed by atoms with Gasteiger partial charge in [0.15, 0.2) is 0 Å². The first-order valence-corrected chi connectivity index (χ1v) is 7.02. The van der Waals surface area contributed by atoms with Crippen LogP contribution >= 0.6 is 0 Å². The van der Waals surface area contributed by atoms with Gasteiger partial charge in [0.25, 0.3) is 0 Å². The standard InChI is InChI=1S/C18H20O3/c1-13(2)12-21-17-11-15(14-7-5-4-6-8-14)9-10-16(17)18(19)20-3/h4-11,13H,12H2,1-3H3. The van der Waals surface area contributed by atoms with Gasteiger partial charge in [-0.25, -0.2) is 4.79 Å². The van der Waals surface area contributed by atoms with E-state index in [2.05, 4.69) is 13.8 Å². The van der Waals surface area contributed by atoms with Crippen LogP contribution in [0.5, 0.6) is 5.75 Å². The summed E-state index contributed by atoms with van der Waals surface area (Å²) in [6, 6.07) is 15.6. The van der Waals surface area contributed by atoms with Crippen LogP contribution in [0.3, 0.4) is 0 Å². The minimum atomic E-state index is -0.381. The molecular formula is C18H20O3. The third-order valence-electron chi connectivity index (χ3n) is 3.07. The van der Waals surface area contributed by atoms with Crippen LogP contribution in [0.2, 0.25) is 0 Å². The second kappa shape index (κ2) is 6.93. The van der Waals surface area contributed by atoms with E-state index in [9.17, 15) is 4.79 Å². The quantitative estimate of drug-likeness (QED) is 0.773. The first kappa shape index (κ1) is 15.1. The van der Waals surface area contributed by atoms with Gasteiger partial charge >= 0.3 is 5.97 Å². The van der Waals surface area contributed by atoms with Crippen molar-refractivity contribution >= 4 is 5.97 Å². The highest BCUT2D eigenvalue weighted by Crippen LogP contribution is 2.28. The molecule has 0 spiro atoms. The smallest absolute Gasteiger partial charge is 0.341 e. The fraction of sp³-hybridized carbons (Fsp3) is 0.278. The molecule has 0 heterocycles. The summed E-state index contributed by atoms with van der Waals surface area (Å²) in [5.74, 6) is 0.571. The van der Waals surface area contributed by atoms with Gasteiger partial charge in [-0.05, 0) is 29.2 Å². The summed E-state index contributed by atoms with van der Waals surface area (Å²) >= 11 is 0. The van der Waals surface area contributed by atoms with E-state index in [0.717, 1.165) is 11.1 Å². The Hall–Kier alpha value is -2.29. The van der Waals surface area contributed by atoms with Crippen molar-refractivity contribution in [2.75, 3.05) is 13.7 Å². The fourth-order valence-corrected chi connectivity index (χ4v) is 1.99. The van der Waals surface area contributed by atoms with Crippen molar-refractivity contribution in [3.05, 3.63) is 54.1 Å². The second-order valence-corrected chi connectivity index (χ2v) is 5.27. The van der Waals surface area contributed by atoms with Gasteiger partial charge in [-0.2, -0.15) is 0 Å². The predicted molar refractivity (Wildman–Crippen MR) is 83.6 cm³/mol. The molecule has 110 valence electrons. The van der Waals surface area contributed by atoms with Crippen LogP contribution in [0, 0.1) is 5.92 Å². The molecule has 0 saturated carbocycles. The Morgan fingerprint density at radius 3 is 2.38 bits per heavy atom. The summed E-state index contributed by atoms with van der Waals surface area (Å²) < 4.78 is 10.6. The summed E-state index contributed by atoms with van der Waals surface area (Å²) in [5.41, 5.74) is 2.56. The van der Waals surface area contributed by atoms with Gasteiger partial charge in [-0.1, -0.05) is 50.2 Å². The van der Waals surface area contributed by atoms with Gasteiger partial charge in [0.1, 0.15) is 11.3 Å². The molecule has 2 aromatic rings. The van der Waals surface area contributed by atoms with Gasteiger partial charge in [-0.15, -0.1) is 0 Å². The third kappa shape index (κ3) is 3.85. The van der Waals surface area contributed by atoms with E-state index in [1.165, 1.54) is 7.11 Å². The average Bonchev–Trinajstić information content (AvgIpc) is 2.52. The molecule has 0 fully saturated rings. The molecule has 0 atom stereocenters. The van der Waals surface area contributed by atoms with Crippen molar-refractivity contribution in [2.24, 2.45) is 5.92 Å². The molecule has 3 nitrogen and oxygen atoms in total. The number of methoxy groups -OCH3 is 1. The van der Waals surface area contributed by atoms with Crippen molar-refractivity contribution in [3.63, 3.8) is 0 Å². The van der Waals surface area contributed by atoms with E-state index in [1.54, 1.807) is 6.07 Å². The molecule has 2 rings (SSSR count). The summed E-state index contributed by atoms with van der Waals surface area (Å²) in [6.07, 6.45) is 0. The molecular weight excluding hydrogens is 264 g/mol. The Labute approximate surface area is 125 Å². The molecule has 0 N–H and O–H groups in total. The Balaban J connectivity index is 2.38. The number of ether oxygens (including phenoxy) is 2. The minimum Gasteiger partial charge on any atom is -0.492 e. The van der Waals surface area contributed by atoms with Crippen molar-refractivity contribution in [1.29, 1.82) is 0 Å². The fourth-order valence-electron chi connectivity index (χ4n) is 1.99. The van der Waals surface area contributed by atoms with Crippen molar-refractivity contribution in [2.45, 2.75) is 13.8 Å². The van der Waals surface area contributed by atoms with E-state index >= 15 is 0 Å².